The maximum absolute atomic E-state index is 12.4. The van der Waals surface area contributed by atoms with E-state index < -0.39 is 0 Å². The van der Waals surface area contributed by atoms with Gasteiger partial charge in [0.1, 0.15) is 23.1 Å². The topological polar surface area (TPSA) is 90.1 Å². The van der Waals surface area contributed by atoms with Gasteiger partial charge in [-0.1, -0.05) is 5.16 Å². The number of hydrogen-bond donors (Lipinski definition) is 1. The minimum atomic E-state index is -0.159. The van der Waals surface area contributed by atoms with E-state index in [-0.39, 0.29) is 5.91 Å². The summed E-state index contributed by atoms with van der Waals surface area (Å²) in [4.78, 5) is 21.0. The van der Waals surface area contributed by atoms with E-state index >= 15 is 0 Å². The summed E-state index contributed by atoms with van der Waals surface area (Å²) >= 11 is 1.51. The molecule has 1 aromatic carbocycles. The summed E-state index contributed by atoms with van der Waals surface area (Å²) in [6, 6.07) is 10.8. The summed E-state index contributed by atoms with van der Waals surface area (Å²) in [7, 11) is 0. The second kappa shape index (κ2) is 8.87. The zero-order chi connectivity index (χ0) is 20.9. The van der Waals surface area contributed by atoms with Gasteiger partial charge in [-0.15, -0.1) is 11.3 Å². The van der Waals surface area contributed by atoms with Crippen LogP contribution in [0.25, 0.3) is 11.3 Å². The van der Waals surface area contributed by atoms with Crippen LogP contribution < -0.4 is 10.1 Å². The number of ether oxygens (including phenoxy) is 1. The molecular weight excluding hydrogens is 400 g/mol. The highest BCUT2D eigenvalue weighted by molar-refractivity contribution is 7.09. The van der Waals surface area contributed by atoms with E-state index in [1.807, 2.05) is 31.4 Å². The Morgan fingerprint density at radius 2 is 1.90 bits per heavy atom. The van der Waals surface area contributed by atoms with E-state index in [1.54, 1.807) is 36.7 Å². The number of carbonyl (C=O) groups is 1. The molecule has 8 heteroatoms. The highest BCUT2D eigenvalue weighted by Crippen LogP contribution is 2.21. The van der Waals surface area contributed by atoms with Crippen LogP contribution in [0.2, 0.25) is 0 Å². The molecule has 152 valence electrons. The number of hydrogen-bond acceptors (Lipinski definition) is 7. The van der Waals surface area contributed by atoms with Gasteiger partial charge in [-0.2, -0.15) is 0 Å². The average molecular weight is 420 g/mol. The number of rotatable bonds is 7. The first-order valence-electron chi connectivity index (χ1n) is 9.38. The molecule has 0 radical (unpaired) electrons. The number of amides is 1. The van der Waals surface area contributed by atoms with Crippen molar-refractivity contribution in [2.75, 3.05) is 0 Å². The average Bonchev–Trinajstić information content (AvgIpc) is 3.38. The van der Waals surface area contributed by atoms with Gasteiger partial charge < -0.3 is 14.6 Å². The number of nitrogens with one attached hydrogen (secondary N) is 1. The lowest BCUT2D eigenvalue weighted by Crippen LogP contribution is -2.22. The van der Waals surface area contributed by atoms with E-state index in [2.05, 4.69) is 20.4 Å². The molecule has 0 bridgehead atoms. The van der Waals surface area contributed by atoms with Crippen LogP contribution in [-0.4, -0.2) is 21.0 Å². The van der Waals surface area contributed by atoms with Gasteiger partial charge in [0.05, 0.1) is 23.5 Å². The van der Waals surface area contributed by atoms with Crippen molar-refractivity contribution in [3.05, 3.63) is 81.8 Å². The molecule has 0 saturated carbocycles. The fourth-order valence-corrected chi connectivity index (χ4v) is 3.61. The normalized spacial score (nSPS) is 10.7. The van der Waals surface area contributed by atoms with Gasteiger partial charge in [0, 0.05) is 28.9 Å². The summed E-state index contributed by atoms with van der Waals surface area (Å²) < 4.78 is 10.9. The Morgan fingerprint density at radius 1 is 1.13 bits per heavy atom. The van der Waals surface area contributed by atoms with Crippen LogP contribution in [-0.2, 0) is 13.2 Å². The van der Waals surface area contributed by atoms with E-state index in [4.69, 9.17) is 9.26 Å². The molecule has 7 nitrogen and oxygen atoms in total. The lowest BCUT2D eigenvalue weighted by molar-refractivity contribution is 0.0951. The van der Waals surface area contributed by atoms with Crippen LogP contribution in [0.15, 0.2) is 58.7 Å². The van der Waals surface area contributed by atoms with Gasteiger partial charge in [-0.05, 0) is 50.2 Å². The van der Waals surface area contributed by atoms with Crippen LogP contribution in [0.1, 0.15) is 32.4 Å². The van der Waals surface area contributed by atoms with E-state index in [0.717, 1.165) is 33.3 Å². The quantitative estimate of drug-likeness (QED) is 0.479. The molecule has 1 N–H and O–H groups in total. The summed E-state index contributed by atoms with van der Waals surface area (Å²) in [6.45, 7) is 4.48. The third-order valence-corrected chi connectivity index (χ3v) is 5.46. The standard InChI is InChI=1S/C22H20N4O3S/c1-14-19(15(2)29-26-14)12-28-18-5-3-17(4-6-18)22(27)24-11-21-25-20(13-30-21)16-7-9-23-10-8-16/h3-10,13H,11-12H2,1-2H3,(H,24,27). The molecule has 4 rings (SSSR count). The maximum Gasteiger partial charge on any atom is 0.251 e. The first-order chi connectivity index (χ1) is 14.6. The molecule has 0 aliphatic carbocycles. The Balaban J connectivity index is 1.31. The third kappa shape index (κ3) is 4.55. The Labute approximate surface area is 177 Å². The molecule has 0 fully saturated rings. The lowest BCUT2D eigenvalue weighted by atomic mass is 10.2. The van der Waals surface area contributed by atoms with Crippen LogP contribution in [0, 0.1) is 13.8 Å². The first kappa shape index (κ1) is 19.8. The van der Waals surface area contributed by atoms with Crippen LogP contribution in [0.5, 0.6) is 5.75 Å². The van der Waals surface area contributed by atoms with Crippen LogP contribution >= 0.6 is 11.3 Å². The fraction of sp³-hybridized carbons (Fsp3) is 0.182. The minimum absolute atomic E-state index is 0.159. The molecule has 0 aliphatic rings. The lowest BCUT2D eigenvalue weighted by Gasteiger charge is -2.07. The first-order valence-corrected chi connectivity index (χ1v) is 10.3. The van der Waals surface area contributed by atoms with Gasteiger partial charge in [0.25, 0.3) is 5.91 Å². The molecule has 30 heavy (non-hydrogen) atoms. The van der Waals surface area contributed by atoms with Gasteiger partial charge >= 0.3 is 0 Å². The Kier molecular flexibility index (Phi) is 5.85. The Hall–Kier alpha value is -3.52. The molecule has 0 atom stereocenters. The molecule has 3 aromatic heterocycles. The smallest absolute Gasteiger partial charge is 0.251 e. The van der Waals surface area contributed by atoms with Crippen LogP contribution in [0.4, 0.5) is 0 Å². The maximum atomic E-state index is 12.4. The zero-order valence-corrected chi connectivity index (χ0v) is 17.4. The van der Waals surface area contributed by atoms with Crippen molar-refractivity contribution in [3.63, 3.8) is 0 Å². The van der Waals surface area contributed by atoms with Crippen molar-refractivity contribution in [2.24, 2.45) is 0 Å². The Morgan fingerprint density at radius 3 is 2.60 bits per heavy atom. The predicted octanol–water partition coefficient (Wildman–Crippen LogP) is 4.32. The van der Waals surface area contributed by atoms with Gasteiger partial charge in [0.15, 0.2) is 0 Å². The van der Waals surface area contributed by atoms with Crippen LogP contribution in [0.3, 0.4) is 0 Å². The highest BCUT2D eigenvalue weighted by Gasteiger charge is 2.11. The van der Waals surface area contributed by atoms with Gasteiger partial charge in [0.2, 0.25) is 0 Å². The molecule has 4 aromatic rings. The van der Waals surface area contributed by atoms with Gasteiger partial charge in [-0.25, -0.2) is 4.98 Å². The minimum Gasteiger partial charge on any atom is -0.489 e. The zero-order valence-electron chi connectivity index (χ0n) is 16.6. The molecular formula is C22H20N4O3S. The second-order valence-electron chi connectivity index (χ2n) is 6.66. The summed E-state index contributed by atoms with van der Waals surface area (Å²) in [6.07, 6.45) is 3.47. The van der Waals surface area contributed by atoms with Crippen molar-refractivity contribution in [3.8, 4) is 17.0 Å². The van der Waals surface area contributed by atoms with Crippen molar-refractivity contribution < 1.29 is 14.1 Å². The molecule has 3 heterocycles. The molecule has 0 spiro atoms. The Bertz CT molecular complexity index is 1120. The highest BCUT2D eigenvalue weighted by atomic mass is 32.1. The SMILES string of the molecule is Cc1noc(C)c1COc1ccc(C(=O)NCc2nc(-c3ccncc3)cs2)cc1. The van der Waals surface area contributed by atoms with Crippen molar-refractivity contribution in [1.82, 2.24) is 20.4 Å². The van der Waals surface area contributed by atoms with Crippen molar-refractivity contribution in [1.29, 1.82) is 0 Å². The number of pyridine rings is 1. The number of carbonyl (C=O) groups excluding carboxylic acids is 1. The number of aromatic nitrogens is 3. The largest absolute Gasteiger partial charge is 0.489 e. The summed E-state index contributed by atoms with van der Waals surface area (Å²) in [5, 5.41) is 9.64. The van der Waals surface area contributed by atoms with E-state index in [9.17, 15) is 4.79 Å². The number of benzene rings is 1. The molecule has 0 aliphatic heterocycles. The van der Waals surface area contributed by atoms with E-state index in [1.165, 1.54) is 11.3 Å². The molecule has 0 saturated heterocycles. The number of aryl methyl sites for hydroxylation is 2. The van der Waals surface area contributed by atoms with E-state index in [0.29, 0.717) is 24.5 Å². The summed E-state index contributed by atoms with van der Waals surface area (Å²) in [5.74, 6) is 1.26. The summed E-state index contributed by atoms with van der Waals surface area (Å²) in [5.41, 5.74) is 4.20. The fourth-order valence-electron chi connectivity index (χ4n) is 2.87. The van der Waals surface area contributed by atoms with Gasteiger partial charge in [-0.3, -0.25) is 9.78 Å². The van der Waals surface area contributed by atoms with Crippen molar-refractivity contribution in [2.45, 2.75) is 27.0 Å². The predicted molar refractivity (Wildman–Crippen MR) is 113 cm³/mol. The second-order valence-corrected chi connectivity index (χ2v) is 7.60. The van der Waals surface area contributed by atoms with Crippen molar-refractivity contribution >= 4 is 17.2 Å². The molecule has 1 amide bonds. The third-order valence-electron chi connectivity index (χ3n) is 4.61. The monoisotopic (exact) mass is 420 g/mol. The number of thiazole rings is 1. The number of nitrogens with zero attached hydrogens (tertiary/aromatic N) is 3. The molecule has 0 unspecified atom stereocenters.